The van der Waals surface area contributed by atoms with Crippen molar-refractivity contribution in [1.29, 1.82) is 0 Å². The lowest BCUT2D eigenvalue weighted by Crippen LogP contribution is -2.51. The summed E-state index contributed by atoms with van der Waals surface area (Å²) in [6.45, 7) is 2.27. The molecule has 1 heterocycles. The number of nitrogens with one attached hydrogen (secondary N) is 4. The molecule has 0 aromatic heterocycles. The first-order valence-electron chi connectivity index (χ1n) is 10.4. The first kappa shape index (κ1) is 20.4. The monoisotopic (exact) mass is 393 g/mol. The number of imide groups is 1. The van der Waals surface area contributed by atoms with Crippen molar-refractivity contribution in [3.05, 3.63) is 0 Å². The molecule has 0 atom stereocenters. The van der Waals surface area contributed by atoms with Crippen LogP contribution in [0.25, 0.3) is 0 Å². The lowest BCUT2D eigenvalue weighted by Gasteiger charge is -2.33. The SMILES string of the molecule is CC1CCC2(CC1)NC(=O)N(NC(=O)CCNC(=O)NC1CCCCC1)C2=O. The zero-order valence-electron chi connectivity index (χ0n) is 16.5. The van der Waals surface area contributed by atoms with Gasteiger partial charge < -0.3 is 16.0 Å². The van der Waals surface area contributed by atoms with Gasteiger partial charge in [0.25, 0.3) is 5.91 Å². The smallest absolute Gasteiger partial charge is 0.338 e. The van der Waals surface area contributed by atoms with Crippen molar-refractivity contribution in [3.8, 4) is 0 Å². The van der Waals surface area contributed by atoms with E-state index in [9.17, 15) is 19.2 Å². The van der Waals surface area contributed by atoms with Crippen LogP contribution in [0.15, 0.2) is 0 Å². The Morgan fingerprint density at radius 3 is 2.46 bits per heavy atom. The van der Waals surface area contributed by atoms with Crippen LogP contribution in [-0.4, -0.2) is 47.0 Å². The summed E-state index contributed by atoms with van der Waals surface area (Å²) < 4.78 is 0. The Kier molecular flexibility index (Phi) is 6.41. The molecule has 3 aliphatic rings. The Labute approximate surface area is 165 Å². The van der Waals surface area contributed by atoms with Crippen LogP contribution in [-0.2, 0) is 9.59 Å². The second-order valence-corrected chi connectivity index (χ2v) is 8.36. The lowest BCUT2D eigenvalue weighted by molar-refractivity contribution is -0.140. The molecule has 2 aliphatic carbocycles. The summed E-state index contributed by atoms with van der Waals surface area (Å²) in [4.78, 5) is 48.9. The summed E-state index contributed by atoms with van der Waals surface area (Å²) in [7, 11) is 0. The van der Waals surface area contributed by atoms with Crippen molar-refractivity contribution in [2.24, 2.45) is 5.92 Å². The summed E-state index contributed by atoms with van der Waals surface area (Å²) in [5, 5.41) is 9.12. The van der Waals surface area contributed by atoms with E-state index in [1.807, 2.05) is 0 Å². The van der Waals surface area contributed by atoms with Gasteiger partial charge in [0.1, 0.15) is 5.54 Å². The number of hydrogen-bond acceptors (Lipinski definition) is 4. The number of rotatable bonds is 5. The van der Waals surface area contributed by atoms with Crippen molar-refractivity contribution in [2.45, 2.75) is 82.7 Å². The Bertz CT molecular complexity index is 624. The van der Waals surface area contributed by atoms with Gasteiger partial charge >= 0.3 is 12.1 Å². The zero-order chi connectivity index (χ0) is 20.1. The molecule has 0 aromatic carbocycles. The zero-order valence-corrected chi connectivity index (χ0v) is 16.5. The van der Waals surface area contributed by atoms with E-state index < -0.39 is 17.5 Å². The van der Waals surface area contributed by atoms with Gasteiger partial charge in [-0.1, -0.05) is 26.2 Å². The number of carbonyl (C=O) groups is 4. The molecule has 3 rings (SSSR count). The minimum absolute atomic E-state index is 0.0147. The molecule has 9 heteroatoms. The van der Waals surface area contributed by atoms with Crippen LogP contribution >= 0.6 is 0 Å². The maximum atomic E-state index is 12.7. The summed E-state index contributed by atoms with van der Waals surface area (Å²) in [5.41, 5.74) is 1.50. The van der Waals surface area contributed by atoms with E-state index in [1.165, 1.54) is 6.42 Å². The van der Waals surface area contributed by atoms with Crippen molar-refractivity contribution in [3.63, 3.8) is 0 Å². The van der Waals surface area contributed by atoms with Crippen molar-refractivity contribution in [1.82, 2.24) is 26.4 Å². The van der Waals surface area contributed by atoms with E-state index in [0.29, 0.717) is 18.8 Å². The molecule has 0 aromatic rings. The molecule has 28 heavy (non-hydrogen) atoms. The molecule has 1 spiro atoms. The Morgan fingerprint density at radius 2 is 1.79 bits per heavy atom. The minimum Gasteiger partial charge on any atom is -0.338 e. The highest BCUT2D eigenvalue weighted by molar-refractivity contribution is 6.08. The fourth-order valence-electron chi connectivity index (χ4n) is 4.27. The maximum absolute atomic E-state index is 12.7. The maximum Gasteiger partial charge on any atom is 0.344 e. The average Bonchev–Trinajstić information content (AvgIpc) is 2.89. The normalized spacial score (nSPS) is 28.2. The molecule has 0 unspecified atom stereocenters. The molecule has 156 valence electrons. The third-order valence-corrected chi connectivity index (χ3v) is 6.10. The number of hydrogen-bond donors (Lipinski definition) is 4. The van der Waals surface area contributed by atoms with E-state index >= 15 is 0 Å². The Balaban J connectivity index is 1.40. The van der Waals surface area contributed by atoms with Crippen molar-refractivity contribution < 1.29 is 19.2 Å². The largest absolute Gasteiger partial charge is 0.344 e. The fraction of sp³-hybridized carbons (Fsp3) is 0.789. The van der Waals surface area contributed by atoms with Gasteiger partial charge in [-0.25, -0.2) is 9.59 Å². The fourth-order valence-corrected chi connectivity index (χ4v) is 4.27. The first-order chi connectivity index (χ1) is 13.4. The predicted octanol–water partition coefficient (Wildman–Crippen LogP) is 1.54. The molecule has 3 fully saturated rings. The number of hydrazine groups is 1. The van der Waals surface area contributed by atoms with Gasteiger partial charge in [0.05, 0.1) is 0 Å². The van der Waals surface area contributed by atoms with Crippen LogP contribution < -0.4 is 21.4 Å². The van der Waals surface area contributed by atoms with Gasteiger partial charge in [-0.15, -0.1) is 0 Å². The molecule has 0 radical (unpaired) electrons. The van der Waals surface area contributed by atoms with E-state index in [0.717, 1.165) is 43.5 Å². The van der Waals surface area contributed by atoms with Crippen LogP contribution in [0.4, 0.5) is 9.59 Å². The van der Waals surface area contributed by atoms with Gasteiger partial charge in [-0.05, 0) is 44.4 Å². The van der Waals surface area contributed by atoms with E-state index in [2.05, 4.69) is 28.3 Å². The second-order valence-electron chi connectivity index (χ2n) is 8.36. The molecule has 4 N–H and O–H groups in total. The van der Waals surface area contributed by atoms with Gasteiger partial charge in [0.15, 0.2) is 0 Å². The summed E-state index contributed by atoms with van der Waals surface area (Å²) in [5.74, 6) is -0.340. The first-order valence-corrected chi connectivity index (χ1v) is 10.4. The lowest BCUT2D eigenvalue weighted by atomic mass is 9.77. The van der Waals surface area contributed by atoms with Crippen LogP contribution in [0.2, 0.25) is 0 Å². The highest BCUT2D eigenvalue weighted by atomic mass is 16.2. The Morgan fingerprint density at radius 1 is 1.11 bits per heavy atom. The van der Waals surface area contributed by atoms with Crippen LogP contribution in [0.5, 0.6) is 0 Å². The van der Waals surface area contributed by atoms with E-state index in [-0.39, 0.29) is 30.9 Å². The van der Waals surface area contributed by atoms with E-state index in [1.54, 1.807) is 0 Å². The average molecular weight is 393 g/mol. The quantitative estimate of drug-likeness (QED) is 0.530. The summed E-state index contributed by atoms with van der Waals surface area (Å²) >= 11 is 0. The molecular formula is C19H31N5O4. The molecule has 0 bridgehead atoms. The van der Waals surface area contributed by atoms with Gasteiger partial charge in [-0.2, -0.15) is 5.01 Å². The number of amides is 6. The number of urea groups is 2. The van der Waals surface area contributed by atoms with Crippen molar-refractivity contribution >= 4 is 23.9 Å². The minimum atomic E-state index is -0.880. The third-order valence-electron chi connectivity index (χ3n) is 6.10. The number of carbonyl (C=O) groups excluding carboxylic acids is 4. The van der Waals surface area contributed by atoms with E-state index in [4.69, 9.17) is 0 Å². The summed E-state index contributed by atoms with van der Waals surface area (Å²) in [6.07, 6.45) is 8.34. The van der Waals surface area contributed by atoms with Crippen LogP contribution in [0.3, 0.4) is 0 Å². The second kappa shape index (κ2) is 8.79. The van der Waals surface area contributed by atoms with Crippen LogP contribution in [0, 0.1) is 5.92 Å². The predicted molar refractivity (Wildman–Crippen MR) is 102 cm³/mol. The van der Waals surface area contributed by atoms with Gasteiger partial charge in [0.2, 0.25) is 5.91 Å². The molecular weight excluding hydrogens is 362 g/mol. The molecule has 2 saturated carbocycles. The Hall–Kier alpha value is -2.32. The standard InChI is InChI=1S/C19H31N5O4/c1-13-7-10-19(11-8-13)16(26)24(18(28)22-19)23-15(25)9-12-20-17(27)21-14-5-3-2-4-6-14/h13-14H,2-12H2,1H3,(H,22,28)(H,23,25)(H2,20,21,27). The van der Waals surface area contributed by atoms with Gasteiger partial charge in [0, 0.05) is 19.0 Å². The molecule has 1 aliphatic heterocycles. The molecule has 1 saturated heterocycles. The highest BCUT2D eigenvalue weighted by Crippen LogP contribution is 2.35. The molecule has 6 amide bonds. The third kappa shape index (κ3) is 4.74. The molecule has 9 nitrogen and oxygen atoms in total. The number of nitrogens with zero attached hydrogens (tertiary/aromatic N) is 1. The highest BCUT2D eigenvalue weighted by Gasteiger charge is 2.52. The topological polar surface area (TPSA) is 120 Å². The van der Waals surface area contributed by atoms with Crippen LogP contribution in [0.1, 0.15) is 71.1 Å². The summed E-state index contributed by atoms with van der Waals surface area (Å²) in [6, 6.07) is -0.677. The van der Waals surface area contributed by atoms with Gasteiger partial charge in [-0.3, -0.25) is 15.0 Å². The van der Waals surface area contributed by atoms with Crippen molar-refractivity contribution in [2.75, 3.05) is 6.54 Å².